The van der Waals surface area contributed by atoms with Gasteiger partial charge in [0, 0.05) is 6.07 Å². The molecule has 2 aromatic rings. The highest BCUT2D eigenvalue weighted by Crippen LogP contribution is 2.52. The summed E-state index contributed by atoms with van der Waals surface area (Å²) < 4.78 is 5.71. The Hall–Kier alpha value is -2.89. The molecule has 98 valence electrons. The van der Waals surface area contributed by atoms with Crippen molar-refractivity contribution >= 4 is 23.0 Å². The van der Waals surface area contributed by atoms with Crippen molar-refractivity contribution in [2.75, 3.05) is 4.90 Å². The molecule has 0 radical (unpaired) electrons. The van der Waals surface area contributed by atoms with E-state index in [1.54, 1.807) is 23.1 Å². The second-order valence-electron chi connectivity index (χ2n) is 4.68. The van der Waals surface area contributed by atoms with Crippen molar-refractivity contribution in [2.45, 2.75) is 6.42 Å². The summed E-state index contributed by atoms with van der Waals surface area (Å²) >= 11 is 0. The van der Waals surface area contributed by atoms with Crippen molar-refractivity contribution in [3.63, 3.8) is 0 Å². The van der Waals surface area contributed by atoms with Crippen LogP contribution in [-0.4, -0.2) is 10.8 Å². The number of ether oxygens (including phenoxy) is 1. The molecule has 0 aromatic heterocycles. The third-order valence-electron chi connectivity index (χ3n) is 3.49. The van der Waals surface area contributed by atoms with E-state index in [4.69, 9.17) is 4.74 Å². The first kappa shape index (κ1) is 11.0. The number of nitro groups is 1. The normalized spacial score (nSPS) is 14.6. The topological polar surface area (TPSA) is 72.7 Å². The van der Waals surface area contributed by atoms with E-state index in [0.29, 0.717) is 28.4 Å². The monoisotopic (exact) mass is 268 g/mol. The number of fused-ring (bicyclic) bond motifs is 2. The lowest BCUT2D eigenvalue weighted by Gasteiger charge is -2.27. The predicted octanol–water partition coefficient (Wildman–Crippen LogP) is 2.92. The molecule has 0 N–H and O–H groups in total. The summed E-state index contributed by atoms with van der Waals surface area (Å²) in [5.41, 5.74) is 1.87. The van der Waals surface area contributed by atoms with Gasteiger partial charge >= 0.3 is 0 Å². The SMILES string of the molecule is O=C1Cc2cc([N+](=O)[O-])cc3c2N1c1ccccc1O3. The fraction of sp³-hybridized carbons (Fsp3) is 0.0714. The molecule has 0 aliphatic carbocycles. The Morgan fingerprint density at radius 3 is 2.80 bits per heavy atom. The molecule has 4 rings (SSSR count). The minimum atomic E-state index is -0.478. The number of nitrogens with zero attached hydrogens (tertiary/aromatic N) is 2. The van der Waals surface area contributed by atoms with Crippen LogP contribution in [0.1, 0.15) is 5.56 Å². The van der Waals surface area contributed by atoms with Gasteiger partial charge in [-0.15, -0.1) is 0 Å². The lowest BCUT2D eigenvalue weighted by Crippen LogP contribution is -2.23. The van der Waals surface area contributed by atoms with E-state index in [-0.39, 0.29) is 18.0 Å². The van der Waals surface area contributed by atoms with E-state index >= 15 is 0 Å². The third-order valence-corrected chi connectivity index (χ3v) is 3.49. The molecule has 20 heavy (non-hydrogen) atoms. The van der Waals surface area contributed by atoms with E-state index in [2.05, 4.69) is 0 Å². The molecule has 0 spiro atoms. The molecule has 0 saturated heterocycles. The Balaban J connectivity index is 2.00. The van der Waals surface area contributed by atoms with Gasteiger partial charge in [0.1, 0.15) is 0 Å². The average molecular weight is 268 g/mol. The van der Waals surface area contributed by atoms with Crippen LogP contribution in [0.25, 0.3) is 0 Å². The number of hydrogen-bond donors (Lipinski definition) is 0. The second-order valence-corrected chi connectivity index (χ2v) is 4.68. The van der Waals surface area contributed by atoms with Crippen molar-refractivity contribution in [2.24, 2.45) is 0 Å². The first-order valence-electron chi connectivity index (χ1n) is 6.06. The number of benzene rings is 2. The summed E-state index contributed by atoms with van der Waals surface area (Å²) in [4.78, 5) is 24.2. The first-order chi connectivity index (χ1) is 9.65. The standard InChI is InChI=1S/C14H8N2O4/c17-13-6-8-5-9(16(18)19)7-12-14(8)15(13)10-3-1-2-4-11(10)20-12/h1-5,7H,6H2. The van der Waals surface area contributed by atoms with Crippen LogP contribution < -0.4 is 9.64 Å². The van der Waals surface area contributed by atoms with Crippen LogP contribution in [0.5, 0.6) is 11.5 Å². The molecular weight excluding hydrogens is 260 g/mol. The van der Waals surface area contributed by atoms with Crippen LogP contribution in [0.2, 0.25) is 0 Å². The molecule has 6 heteroatoms. The largest absolute Gasteiger partial charge is 0.453 e. The molecule has 0 fully saturated rings. The van der Waals surface area contributed by atoms with Crippen LogP contribution in [0.3, 0.4) is 0 Å². The number of anilines is 2. The van der Waals surface area contributed by atoms with Crippen LogP contribution in [-0.2, 0) is 11.2 Å². The number of rotatable bonds is 1. The van der Waals surface area contributed by atoms with Crippen LogP contribution in [0.15, 0.2) is 36.4 Å². The smallest absolute Gasteiger partial charge is 0.273 e. The molecule has 0 atom stereocenters. The van der Waals surface area contributed by atoms with Gasteiger partial charge in [0.05, 0.1) is 28.8 Å². The highest BCUT2D eigenvalue weighted by Gasteiger charge is 2.38. The Morgan fingerprint density at radius 2 is 2.00 bits per heavy atom. The van der Waals surface area contributed by atoms with Gasteiger partial charge in [0.2, 0.25) is 5.91 Å². The van der Waals surface area contributed by atoms with Gasteiger partial charge in [0.15, 0.2) is 11.5 Å². The Morgan fingerprint density at radius 1 is 1.20 bits per heavy atom. The summed E-state index contributed by atoms with van der Waals surface area (Å²) in [7, 11) is 0. The molecule has 6 nitrogen and oxygen atoms in total. The molecule has 0 bridgehead atoms. The van der Waals surface area contributed by atoms with Crippen molar-refractivity contribution < 1.29 is 14.5 Å². The summed E-state index contributed by atoms with van der Waals surface area (Å²) in [5, 5.41) is 10.9. The number of non-ortho nitro benzene ring substituents is 1. The summed E-state index contributed by atoms with van der Waals surface area (Å²) in [6, 6.07) is 9.95. The van der Waals surface area contributed by atoms with Crippen molar-refractivity contribution in [1.29, 1.82) is 0 Å². The Labute approximate surface area is 113 Å². The van der Waals surface area contributed by atoms with E-state index in [9.17, 15) is 14.9 Å². The highest BCUT2D eigenvalue weighted by molar-refractivity contribution is 6.11. The maximum Gasteiger partial charge on any atom is 0.273 e. The number of hydrogen-bond acceptors (Lipinski definition) is 4. The Kier molecular flexibility index (Phi) is 1.96. The fourth-order valence-electron chi connectivity index (χ4n) is 2.69. The van der Waals surface area contributed by atoms with Crippen molar-refractivity contribution in [3.8, 4) is 11.5 Å². The number of para-hydroxylation sites is 2. The van der Waals surface area contributed by atoms with Crippen molar-refractivity contribution in [1.82, 2.24) is 0 Å². The second kappa shape index (κ2) is 3.57. The molecule has 1 amide bonds. The molecule has 2 aromatic carbocycles. The number of nitro benzene ring substituents is 1. The lowest BCUT2D eigenvalue weighted by molar-refractivity contribution is -0.384. The van der Waals surface area contributed by atoms with Gasteiger partial charge in [-0.05, 0) is 17.7 Å². The van der Waals surface area contributed by atoms with Gasteiger partial charge in [0.25, 0.3) is 5.69 Å². The zero-order valence-electron chi connectivity index (χ0n) is 10.2. The average Bonchev–Trinajstić information content (AvgIpc) is 2.77. The third kappa shape index (κ3) is 1.30. The maximum absolute atomic E-state index is 12.2. The van der Waals surface area contributed by atoms with E-state index in [1.165, 1.54) is 12.1 Å². The fourth-order valence-corrected chi connectivity index (χ4v) is 2.69. The number of amides is 1. The van der Waals surface area contributed by atoms with Gasteiger partial charge < -0.3 is 4.74 Å². The molecule has 2 aliphatic heterocycles. The summed E-state index contributed by atoms with van der Waals surface area (Å²) in [6.45, 7) is 0. The van der Waals surface area contributed by atoms with Crippen LogP contribution >= 0.6 is 0 Å². The Bertz CT molecular complexity index is 785. The van der Waals surface area contributed by atoms with Crippen LogP contribution in [0, 0.1) is 10.1 Å². The summed E-state index contributed by atoms with van der Waals surface area (Å²) in [5.74, 6) is 0.790. The van der Waals surface area contributed by atoms with Crippen LogP contribution in [0.4, 0.5) is 17.1 Å². The zero-order valence-corrected chi connectivity index (χ0v) is 10.2. The first-order valence-corrected chi connectivity index (χ1v) is 6.06. The minimum Gasteiger partial charge on any atom is -0.453 e. The molecule has 2 heterocycles. The van der Waals surface area contributed by atoms with Gasteiger partial charge in [-0.25, -0.2) is 0 Å². The quantitative estimate of drug-likeness (QED) is 0.588. The van der Waals surface area contributed by atoms with E-state index in [0.717, 1.165) is 0 Å². The predicted molar refractivity (Wildman–Crippen MR) is 70.5 cm³/mol. The molecule has 2 aliphatic rings. The molecule has 0 unspecified atom stereocenters. The maximum atomic E-state index is 12.2. The lowest BCUT2D eigenvalue weighted by atomic mass is 10.1. The van der Waals surface area contributed by atoms with Gasteiger partial charge in [-0.1, -0.05) is 12.1 Å². The number of carbonyl (C=O) groups excluding carboxylic acids is 1. The van der Waals surface area contributed by atoms with E-state index in [1.807, 2.05) is 6.07 Å². The highest BCUT2D eigenvalue weighted by atomic mass is 16.6. The van der Waals surface area contributed by atoms with E-state index < -0.39 is 4.92 Å². The summed E-state index contributed by atoms with van der Waals surface area (Å²) in [6.07, 6.45) is 0.154. The van der Waals surface area contributed by atoms with Crippen molar-refractivity contribution in [3.05, 3.63) is 52.1 Å². The number of carbonyl (C=O) groups is 1. The minimum absolute atomic E-state index is 0.0622. The zero-order chi connectivity index (χ0) is 13.9. The molecule has 0 saturated carbocycles. The molecular formula is C14H8N2O4. The van der Waals surface area contributed by atoms with Gasteiger partial charge in [-0.3, -0.25) is 19.8 Å². The van der Waals surface area contributed by atoms with Gasteiger partial charge in [-0.2, -0.15) is 0 Å².